The summed E-state index contributed by atoms with van der Waals surface area (Å²) in [6, 6.07) is 22.1. The van der Waals surface area contributed by atoms with Crippen LogP contribution < -0.4 is 15.5 Å². The van der Waals surface area contributed by atoms with Crippen molar-refractivity contribution in [2.75, 3.05) is 29.8 Å². The lowest BCUT2D eigenvalue weighted by Crippen LogP contribution is -2.27. The number of esters is 2. The van der Waals surface area contributed by atoms with E-state index in [1.807, 2.05) is 12.1 Å². The smallest absolute Gasteiger partial charge is 0.355 e. The van der Waals surface area contributed by atoms with E-state index < -0.39 is 23.8 Å². The van der Waals surface area contributed by atoms with Crippen LogP contribution in [0.25, 0.3) is 0 Å². The van der Waals surface area contributed by atoms with Gasteiger partial charge >= 0.3 is 11.9 Å². The van der Waals surface area contributed by atoms with E-state index in [2.05, 4.69) is 10.6 Å². The van der Waals surface area contributed by atoms with E-state index in [-0.39, 0.29) is 28.1 Å². The van der Waals surface area contributed by atoms with Crippen molar-refractivity contribution in [3.63, 3.8) is 0 Å². The minimum absolute atomic E-state index is 0.0659. The van der Waals surface area contributed by atoms with Crippen molar-refractivity contribution in [3.05, 3.63) is 126 Å². The third-order valence-corrected chi connectivity index (χ3v) is 5.67. The molecule has 3 aromatic carbocycles. The first kappa shape index (κ1) is 26.6. The molecule has 39 heavy (non-hydrogen) atoms. The zero-order valence-corrected chi connectivity index (χ0v) is 21.2. The fourth-order valence-corrected chi connectivity index (χ4v) is 3.83. The van der Waals surface area contributed by atoms with Gasteiger partial charge < -0.3 is 25.0 Å². The number of anilines is 3. The van der Waals surface area contributed by atoms with Gasteiger partial charge in [-0.2, -0.15) is 0 Å². The first-order chi connectivity index (χ1) is 18.9. The maximum Gasteiger partial charge on any atom is 0.355 e. The van der Waals surface area contributed by atoms with Crippen LogP contribution in [0.2, 0.25) is 0 Å². The molecule has 0 aliphatic carbocycles. The summed E-state index contributed by atoms with van der Waals surface area (Å²) in [5.74, 6) is -2.54. The predicted octanol–water partition coefficient (Wildman–Crippen LogP) is 4.68. The van der Waals surface area contributed by atoms with E-state index in [0.717, 1.165) is 0 Å². The van der Waals surface area contributed by atoms with E-state index in [1.54, 1.807) is 60.7 Å². The summed E-state index contributed by atoms with van der Waals surface area (Å²) < 4.78 is 9.84. The van der Waals surface area contributed by atoms with E-state index in [0.29, 0.717) is 11.4 Å². The monoisotopic (exact) mass is 523 g/mol. The molecular formula is C30H25N3O6. The van der Waals surface area contributed by atoms with Crippen molar-refractivity contribution < 1.29 is 28.7 Å². The number of amides is 2. The maximum atomic E-state index is 13.3. The van der Waals surface area contributed by atoms with E-state index >= 15 is 0 Å². The van der Waals surface area contributed by atoms with Crippen LogP contribution in [0.4, 0.5) is 17.1 Å². The largest absolute Gasteiger partial charge is 0.465 e. The maximum absolute atomic E-state index is 13.3. The van der Waals surface area contributed by atoms with Crippen LogP contribution in [0, 0.1) is 0 Å². The van der Waals surface area contributed by atoms with Gasteiger partial charge in [-0.25, -0.2) is 9.59 Å². The molecule has 1 aliphatic heterocycles. The highest BCUT2D eigenvalue weighted by Gasteiger charge is 2.28. The van der Waals surface area contributed by atoms with Gasteiger partial charge in [0.25, 0.3) is 11.8 Å². The molecule has 0 unspecified atom stereocenters. The Morgan fingerprint density at radius 2 is 1.18 bits per heavy atom. The lowest BCUT2D eigenvalue weighted by molar-refractivity contribution is -0.139. The molecule has 0 saturated heterocycles. The zero-order valence-electron chi connectivity index (χ0n) is 21.2. The molecule has 0 saturated carbocycles. The molecule has 9 heteroatoms. The van der Waals surface area contributed by atoms with Gasteiger partial charge in [0.2, 0.25) is 0 Å². The lowest BCUT2D eigenvalue weighted by atomic mass is 10.1. The second-order valence-corrected chi connectivity index (χ2v) is 8.22. The molecule has 1 heterocycles. The standard InChI is InChI=1S/C30H25N3O6/c1-38-29(36)25-15-9-10-16-33(26(25)30(37)39-2)24-18-20(27(34)31-22-11-5-3-6-12-22)17-21(19-24)28(35)32-23-13-7-4-8-14-23/h3-19H,1-2H3,(H,31,34)(H,32,35). The number of rotatable bonds is 7. The second-order valence-electron chi connectivity index (χ2n) is 8.22. The Morgan fingerprint density at radius 1 is 0.667 bits per heavy atom. The number of nitrogens with one attached hydrogen (secondary N) is 2. The number of hydrogen-bond donors (Lipinski definition) is 2. The number of carbonyl (C=O) groups is 4. The molecule has 2 amide bonds. The van der Waals surface area contributed by atoms with Crippen LogP contribution in [0.15, 0.2) is 115 Å². The third kappa shape index (κ3) is 6.28. The average Bonchev–Trinajstić information content (AvgIpc) is 3.20. The highest BCUT2D eigenvalue weighted by atomic mass is 16.5. The molecule has 0 bridgehead atoms. The fourth-order valence-electron chi connectivity index (χ4n) is 3.83. The fraction of sp³-hybridized carbons (Fsp3) is 0.0667. The van der Waals surface area contributed by atoms with Crippen molar-refractivity contribution in [1.82, 2.24) is 0 Å². The first-order valence-electron chi connectivity index (χ1n) is 11.8. The van der Waals surface area contributed by atoms with Gasteiger partial charge in [-0.1, -0.05) is 42.5 Å². The highest BCUT2D eigenvalue weighted by Crippen LogP contribution is 2.29. The van der Waals surface area contributed by atoms with Crippen LogP contribution >= 0.6 is 0 Å². The van der Waals surface area contributed by atoms with E-state index in [4.69, 9.17) is 9.47 Å². The van der Waals surface area contributed by atoms with Gasteiger partial charge in [0.05, 0.1) is 19.8 Å². The molecule has 0 aromatic heterocycles. The molecule has 0 atom stereocenters. The minimum atomic E-state index is -0.818. The number of nitrogens with zero attached hydrogens (tertiary/aromatic N) is 1. The molecule has 9 nitrogen and oxygen atoms in total. The summed E-state index contributed by atoms with van der Waals surface area (Å²) in [7, 11) is 2.38. The van der Waals surface area contributed by atoms with Gasteiger partial charge in [-0.3, -0.25) is 9.59 Å². The van der Waals surface area contributed by atoms with E-state index in [9.17, 15) is 19.2 Å². The number of allylic oxidation sites excluding steroid dienone is 2. The summed E-state index contributed by atoms with van der Waals surface area (Å²) in [6.45, 7) is 0. The zero-order chi connectivity index (χ0) is 27.8. The van der Waals surface area contributed by atoms with Crippen LogP contribution in [0.1, 0.15) is 20.7 Å². The molecule has 0 fully saturated rings. The Morgan fingerprint density at radius 3 is 1.67 bits per heavy atom. The lowest BCUT2D eigenvalue weighted by Gasteiger charge is -2.24. The molecule has 0 spiro atoms. The van der Waals surface area contributed by atoms with Crippen molar-refractivity contribution in [2.24, 2.45) is 0 Å². The number of benzene rings is 3. The SMILES string of the molecule is COC(=O)C1=C(C(=O)OC)N(c2cc(C(=O)Nc3ccccc3)cc(C(=O)Nc3ccccc3)c2)C=CC=C1. The highest BCUT2D eigenvalue weighted by molar-refractivity contribution is 6.11. The first-order valence-corrected chi connectivity index (χ1v) is 11.8. The summed E-state index contributed by atoms with van der Waals surface area (Å²) in [5, 5.41) is 5.60. The summed E-state index contributed by atoms with van der Waals surface area (Å²) in [5.41, 5.74) is 1.45. The van der Waals surface area contributed by atoms with Crippen LogP contribution in [-0.2, 0) is 19.1 Å². The van der Waals surface area contributed by atoms with Gasteiger partial charge in [0, 0.05) is 34.4 Å². The summed E-state index contributed by atoms with van der Waals surface area (Å²) >= 11 is 0. The van der Waals surface area contributed by atoms with E-state index in [1.165, 1.54) is 49.6 Å². The topological polar surface area (TPSA) is 114 Å². The number of methoxy groups -OCH3 is 2. The molecule has 4 rings (SSSR count). The van der Waals surface area contributed by atoms with Gasteiger partial charge in [0.1, 0.15) is 5.70 Å². The number of para-hydroxylation sites is 2. The Bertz CT molecular complexity index is 1420. The number of ether oxygens (including phenoxy) is 2. The average molecular weight is 524 g/mol. The Kier molecular flexibility index (Phi) is 8.33. The summed E-state index contributed by atoms with van der Waals surface area (Å²) in [6.07, 6.45) is 6.10. The number of carbonyl (C=O) groups excluding carboxylic acids is 4. The molecule has 196 valence electrons. The molecular weight excluding hydrogens is 498 g/mol. The van der Waals surface area contributed by atoms with Gasteiger partial charge in [0.15, 0.2) is 0 Å². The minimum Gasteiger partial charge on any atom is -0.465 e. The van der Waals surface area contributed by atoms with Crippen molar-refractivity contribution in [1.29, 1.82) is 0 Å². The molecule has 0 radical (unpaired) electrons. The Hall–Kier alpha value is -5.44. The summed E-state index contributed by atoms with van der Waals surface area (Å²) in [4.78, 5) is 53.4. The van der Waals surface area contributed by atoms with Crippen molar-refractivity contribution in [3.8, 4) is 0 Å². The Balaban J connectivity index is 1.84. The molecule has 3 aromatic rings. The van der Waals surface area contributed by atoms with Crippen LogP contribution in [0.3, 0.4) is 0 Å². The molecule has 1 aliphatic rings. The van der Waals surface area contributed by atoms with Crippen LogP contribution in [0.5, 0.6) is 0 Å². The Labute approximate surface area is 225 Å². The number of hydrogen-bond acceptors (Lipinski definition) is 7. The quantitative estimate of drug-likeness (QED) is 0.432. The van der Waals surface area contributed by atoms with Gasteiger partial charge in [-0.15, -0.1) is 0 Å². The van der Waals surface area contributed by atoms with Crippen LogP contribution in [-0.4, -0.2) is 38.0 Å². The van der Waals surface area contributed by atoms with Gasteiger partial charge in [-0.05, 0) is 54.6 Å². The molecule has 2 N–H and O–H groups in total. The third-order valence-electron chi connectivity index (χ3n) is 5.67. The normalized spacial score (nSPS) is 12.4. The van der Waals surface area contributed by atoms with Crippen molar-refractivity contribution >= 4 is 40.8 Å². The predicted molar refractivity (Wildman–Crippen MR) is 147 cm³/mol. The van der Waals surface area contributed by atoms with Crippen molar-refractivity contribution in [2.45, 2.75) is 0 Å². The second kappa shape index (κ2) is 12.2.